The van der Waals surface area contributed by atoms with Crippen molar-refractivity contribution in [3.05, 3.63) is 71.4 Å². The minimum absolute atomic E-state index is 0.0130. The summed E-state index contributed by atoms with van der Waals surface area (Å²) in [6.07, 6.45) is 4.06. The lowest BCUT2D eigenvalue weighted by Gasteiger charge is -2.25. The Balaban J connectivity index is 1.65. The number of carbonyl (C=O) groups excluding carboxylic acids is 1. The molecule has 3 aromatic rings. The first-order valence-corrected chi connectivity index (χ1v) is 9.75. The summed E-state index contributed by atoms with van der Waals surface area (Å²) in [5.74, 6) is -0.224. The zero-order valence-electron chi connectivity index (χ0n) is 16.3. The van der Waals surface area contributed by atoms with Gasteiger partial charge in [0.05, 0.1) is 5.69 Å². The quantitative estimate of drug-likeness (QED) is 0.674. The zero-order valence-corrected chi connectivity index (χ0v) is 16.3. The molecule has 0 N–H and O–H groups in total. The third kappa shape index (κ3) is 3.52. The molecule has 1 fully saturated rings. The monoisotopic (exact) mass is 380 g/mol. The van der Waals surface area contributed by atoms with E-state index in [1.54, 1.807) is 12.1 Å². The zero-order chi connectivity index (χ0) is 19.7. The molecule has 2 aromatic heterocycles. The maximum absolute atomic E-state index is 13.3. The van der Waals surface area contributed by atoms with Crippen LogP contribution < -0.4 is 0 Å². The summed E-state index contributed by atoms with van der Waals surface area (Å²) in [6, 6.07) is 12.5. The van der Waals surface area contributed by atoms with Gasteiger partial charge in [-0.05, 0) is 56.6 Å². The second-order valence-electron chi connectivity index (χ2n) is 7.48. The number of aromatic nitrogens is 2. The van der Waals surface area contributed by atoms with E-state index >= 15 is 0 Å². The number of benzene rings is 1. The van der Waals surface area contributed by atoms with Crippen LogP contribution in [0.25, 0.3) is 5.65 Å². The van der Waals surface area contributed by atoms with Gasteiger partial charge in [-0.25, -0.2) is 9.37 Å². The van der Waals surface area contributed by atoms with Gasteiger partial charge < -0.3 is 9.30 Å². The summed E-state index contributed by atoms with van der Waals surface area (Å²) in [5.41, 5.74) is 3.24. The fourth-order valence-corrected chi connectivity index (χ4v) is 3.81. The SMILES string of the molecule is CC(c1ccc(F)cc1)N(C)Cc1c(C(=O)N2CCCC2)nc2ccccn12. The molecule has 1 aliphatic heterocycles. The fraction of sp³-hybridized carbons (Fsp3) is 0.364. The number of halogens is 1. The number of carbonyl (C=O) groups is 1. The number of hydrogen-bond acceptors (Lipinski definition) is 3. The second kappa shape index (κ2) is 7.72. The number of pyridine rings is 1. The lowest BCUT2D eigenvalue weighted by atomic mass is 10.1. The molecule has 1 saturated heterocycles. The molecule has 146 valence electrons. The topological polar surface area (TPSA) is 40.9 Å². The number of likely N-dealkylation sites (tertiary alicyclic amines) is 1. The highest BCUT2D eigenvalue weighted by Gasteiger charge is 2.27. The molecule has 0 spiro atoms. The van der Waals surface area contributed by atoms with Crippen LogP contribution in [0.15, 0.2) is 48.7 Å². The highest BCUT2D eigenvalue weighted by Crippen LogP contribution is 2.24. The Morgan fingerprint density at radius 1 is 1.18 bits per heavy atom. The fourth-order valence-electron chi connectivity index (χ4n) is 3.81. The smallest absolute Gasteiger partial charge is 0.274 e. The second-order valence-corrected chi connectivity index (χ2v) is 7.48. The van der Waals surface area contributed by atoms with Crippen LogP contribution >= 0.6 is 0 Å². The van der Waals surface area contributed by atoms with Gasteiger partial charge in [0.15, 0.2) is 5.69 Å². The summed E-state index contributed by atoms with van der Waals surface area (Å²) >= 11 is 0. The van der Waals surface area contributed by atoms with Crippen LogP contribution in [-0.4, -0.2) is 45.2 Å². The van der Waals surface area contributed by atoms with Gasteiger partial charge in [-0.15, -0.1) is 0 Å². The van der Waals surface area contributed by atoms with Gasteiger partial charge >= 0.3 is 0 Å². The van der Waals surface area contributed by atoms with Crippen LogP contribution in [0.5, 0.6) is 0 Å². The van der Waals surface area contributed by atoms with E-state index in [2.05, 4.69) is 16.8 Å². The van der Waals surface area contributed by atoms with Crippen molar-refractivity contribution in [1.29, 1.82) is 0 Å². The van der Waals surface area contributed by atoms with Crippen LogP contribution in [-0.2, 0) is 6.54 Å². The largest absolute Gasteiger partial charge is 0.337 e. The van der Waals surface area contributed by atoms with Crippen molar-refractivity contribution >= 4 is 11.6 Å². The van der Waals surface area contributed by atoms with Gasteiger partial charge in [0.2, 0.25) is 0 Å². The number of hydrogen-bond donors (Lipinski definition) is 0. The standard InChI is InChI=1S/C22H25FN4O/c1-16(17-8-10-18(23)11-9-17)25(2)15-19-21(22(28)26-12-5-6-13-26)24-20-7-3-4-14-27(19)20/h3-4,7-11,14,16H,5-6,12-13,15H2,1-2H3. The minimum Gasteiger partial charge on any atom is -0.337 e. The first-order chi connectivity index (χ1) is 13.5. The van der Waals surface area contributed by atoms with Crippen molar-refractivity contribution in [2.45, 2.75) is 32.4 Å². The van der Waals surface area contributed by atoms with Crippen molar-refractivity contribution in [2.24, 2.45) is 0 Å². The van der Waals surface area contributed by atoms with Crippen molar-refractivity contribution in [3.8, 4) is 0 Å². The Kier molecular flexibility index (Phi) is 5.13. The van der Waals surface area contributed by atoms with Gasteiger partial charge in [-0.2, -0.15) is 0 Å². The maximum atomic E-state index is 13.3. The maximum Gasteiger partial charge on any atom is 0.274 e. The molecule has 0 saturated carbocycles. The molecular weight excluding hydrogens is 355 g/mol. The van der Waals surface area contributed by atoms with Crippen molar-refractivity contribution in [2.75, 3.05) is 20.1 Å². The Morgan fingerprint density at radius 2 is 1.89 bits per heavy atom. The van der Waals surface area contributed by atoms with Gasteiger partial charge in [0.1, 0.15) is 11.5 Å². The van der Waals surface area contributed by atoms with Crippen LogP contribution in [0, 0.1) is 5.82 Å². The normalized spacial score (nSPS) is 15.5. The molecule has 6 heteroatoms. The van der Waals surface area contributed by atoms with E-state index < -0.39 is 0 Å². The van der Waals surface area contributed by atoms with E-state index in [9.17, 15) is 9.18 Å². The minimum atomic E-state index is -0.237. The summed E-state index contributed by atoms with van der Waals surface area (Å²) in [6.45, 7) is 4.25. The highest BCUT2D eigenvalue weighted by molar-refractivity contribution is 5.94. The van der Waals surface area contributed by atoms with Crippen LogP contribution in [0.3, 0.4) is 0 Å². The summed E-state index contributed by atoms with van der Waals surface area (Å²) in [5, 5.41) is 0. The van der Waals surface area contributed by atoms with E-state index in [1.165, 1.54) is 12.1 Å². The molecule has 1 unspecified atom stereocenters. The molecule has 1 aromatic carbocycles. The van der Waals surface area contributed by atoms with Gasteiger partial charge in [0.25, 0.3) is 5.91 Å². The molecule has 1 atom stereocenters. The average molecular weight is 380 g/mol. The third-order valence-corrected chi connectivity index (χ3v) is 5.64. The first kappa shape index (κ1) is 18.6. The van der Waals surface area contributed by atoms with Crippen molar-refractivity contribution in [1.82, 2.24) is 19.2 Å². The van der Waals surface area contributed by atoms with Gasteiger partial charge in [-0.3, -0.25) is 9.69 Å². The van der Waals surface area contributed by atoms with E-state index in [4.69, 9.17) is 0 Å². The molecule has 5 nitrogen and oxygen atoms in total. The molecule has 1 aliphatic rings. The Hall–Kier alpha value is -2.73. The number of imidazole rings is 1. The number of amides is 1. The molecule has 28 heavy (non-hydrogen) atoms. The number of rotatable bonds is 5. The Labute approximate surface area is 164 Å². The lowest BCUT2D eigenvalue weighted by Crippen LogP contribution is -2.30. The highest BCUT2D eigenvalue weighted by atomic mass is 19.1. The predicted molar refractivity (Wildman–Crippen MR) is 107 cm³/mol. The molecule has 0 aliphatic carbocycles. The van der Waals surface area contributed by atoms with E-state index in [-0.39, 0.29) is 17.8 Å². The lowest BCUT2D eigenvalue weighted by molar-refractivity contribution is 0.0785. The number of fused-ring (bicyclic) bond motifs is 1. The Bertz CT molecular complexity index is 976. The molecule has 1 amide bonds. The number of nitrogens with zero attached hydrogens (tertiary/aromatic N) is 4. The molecular formula is C22H25FN4O. The predicted octanol–water partition coefficient (Wildman–Crippen LogP) is 3.90. The van der Waals surface area contributed by atoms with E-state index in [1.807, 2.05) is 40.7 Å². The molecule has 4 rings (SSSR count). The summed E-state index contributed by atoms with van der Waals surface area (Å²) in [7, 11) is 2.01. The molecule has 0 bridgehead atoms. The summed E-state index contributed by atoms with van der Waals surface area (Å²) in [4.78, 5) is 21.8. The molecule has 3 heterocycles. The average Bonchev–Trinajstić information content (AvgIpc) is 3.36. The van der Waals surface area contributed by atoms with Crippen LogP contribution in [0.2, 0.25) is 0 Å². The van der Waals surface area contributed by atoms with Crippen molar-refractivity contribution in [3.63, 3.8) is 0 Å². The van der Waals surface area contributed by atoms with Crippen LogP contribution in [0.4, 0.5) is 4.39 Å². The Morgan fingerprint density at radius 3 is 2.61 bits per heavy atom. The van der Waals surface area contributed by atoms with Gasteiger partial charge in [0, 0.05) is 31.9 Å². The van der Waals surface area contributed by atoms with Crippen molar-refractivity contribution < 1.29 is 9.18 Å². The van der Waals surface area contributed by atoms with E-state index in [0.29, 0.717) is 12.2 Å². The first-order valence-electron chi connectivity index (χ1n) is 9.75. The van der Waals surface area contributed by atoms with Gasteiger partial charge in [-0.1, -0.05) is 18.2 Å². The third-order valence-electron chi connectivity index (χ3n) is 5.64. The van der Waals surface area contributed by atoms with Crippen LogP contribution in [0.1, 0.15) is 47.6 Å². The summed E-state index contributed by atoms with van der Waals surface area (Å²) < 4.78 is 15.3. The van der Waals surface area contributed by atoms with E-state index in [0.717, 1.165) is 42.8 Å². The molecule has 0 radical (unpaired) electrons.